The van der Waals surface area contributed by atoms with Gasteiger partial charge in [-0.25, -0.2) is 0 Å². The minimum absolute atomic E-state index is 0.441. The van der Waals surface area contributed by atoms with Crippen molar-refractivity contribution in [3.8, 4) is 0 Å². The van der Waals surface area contributed by atoms with Gasteiger partial charge in [-0.1, -0.05) is 27.2 Å². The molecule has 1 rings (SSSR count). The van der Waals surface area contributed by atoms with Crippen LogP contribution in [0.1, 0.15) is 66.2 Å². The highest BCUT2D eigenvalue weighted by atomic mass is 16.4. The fourth-order valence-electron chi connectivity index (χ4n) is 3.20. The van der Waals surface area contributed by atoms with Gasteiger partial charge in [-0.15, -0.1) is 0 Å². The maximum absolute atomic E-state index is 11.5. The van der Waals surface area contributed by atoms with E-state index in [1.807, 2.05) is 0 Å². The van der Waals surface area contributed by atoms with E-state index in [-0.39, 0.29) is 0 Å². The van der Waals surface area contributed by atoms with Crippen LogP contribution in [0, 0.1) is 11.3 Å². The summed E-state index contributed by atoms with van der Waals surface area (Å²) in [4.78, 5) is 14.0. The smallest absolute Gasteiger partial charge is 0.309 e. The summed E-state index contributed by atoms with van der Waals surface area (Å²) in [5.74, 6) is 0.175. The fraction of sp³-hybridized carbons (Fsp3) is 0.938. The lowest BCUT2D eigenvalue weighted by Gasteiger charge is -2.41. The molecule has 0 bridgehead atoms. The van der Waals surface area contributed by atoms with Crippen molar-refractivity contribution in [2.24, 2.45) is 11.3 Å². The third kappa shape index (κ3) is 4.48. The number of likely N-dealkylation sites (tertiary alicyclic amines) is 1. The van der Waals surface area contributed by atoms with Crippen LogP contribution in [0.5, 0.6) is 0 Å². The third-order valence-corrected chi connectivity index (χ3v) is 4.72. The Morgan fingerprint density at radius 1 is 1.21 bits per heavy atom. The van der Waals surface area contributed by atoms with Crippen molar-refractivity contribution in [2.45, 2.75) is 72.3 Å². The second-order valence-electron chi connectivity index (χ2n) is 6.69. The van der Waals surface area contributed by atoms with Gasteiger partial charge in [0.25, 0.3) is 0 Å². The van der Waals surface area contributed by atoms with Crippen LogP contribution < -0.4 is 0 Å². The van der Waals surface area contributed by atoms with E-state index in [1.54, 1.807) is 0 Å². The van der Waals surface area contributed by atoms with Crippen LogP contribution in [0.4, 0.5) is 0 Å². The topological polar surface area (TPSA) is 40.5 Å². The predicted octanol–water partition coefficient (Wildman–Crippen LogP) is 3.78. The molecule has 0 radical (unpaired) electrons. The van der Waals surface area contributed by atoms with Crippen molar-refractivity contribution >= 4 is 5.97 Å². The Labute approximate surface area is 118 Å². The standard InChI is InChI=1S/C16H31NO2/c1-5-8-16(15(18)19)9-11-17(12-10-16)14(4)7-6-13(2)3/h13-14H,5-12H2,1-4H3,(H,18,19). The van der Waals surface area contributed by atoms with Crippen molar-refractivity contribution in [1.29, 1.82) is 0 Å². The number of nitrogens with zero attached hydrogens (tertiary/aromatic N) is 1. The molecule has 1 unspecified atom stereocenters. The van der Waals surface area contributed by atoms with Gasteiger partial charge in [0.1, 0.15) is 0 Å². The van der Waals surface area contributed by atoms with E-state index in [0.717, 1.165) is 44.7 Å². The van der Waals surface area contributed by atoms with E-state index < -0.39 is 11.4 Å². The molecular formula is C16H31NO2. The van der Waals surface area contributed by atoms with E-state index in [1.165, 1.54) is 12.8 Å². The van der Waals surface area contributed by atoms with Crippen molar-refractivity contribution in [3.63, 3.8) is 0 Å². The first-order chi connectivity index (χ1) is 8.91. The molecule has 1 N–H and O–H groups in total. The van der Waals surface area contributed by atoms with Crippen LogP contribution in [-0.4, -0.2) is 35.1 Å². The molecule has 1 saturated heterocycles. The molecule has 0 spiro atoms. The predicted molar refractivity (Wildman–Crippen MR) is 79.3 cm³/mol. The molecule has 1 fully saturated rings. The Kier molecular flexibility index (Phi) is 6.31. The molecule has 0 aromatic heterocycles. The van der Waals surface area contributed by atoms with Gasteiger partial charge < -0.3 is 10.0 Å². The van der Waals surface area contributed by atoms with Crippen molar-refractivity contribution < 1.29 is 9.90 Å². The lowest BCUT2D eigenvalue weighted by molar-refractivity contribution is -0.153. The van der Waals surface area contributed by atoms with E-state index in [4.69, 9.17) is 0 Å². The van der Waals surface area contributed by atoms with E-state index >= 15 is 0 Å². The highest BCUT2D eigenvalue weighted by Gasteiger charge is 2.41. The summed E-state index contributed by atoms with van der Waals surface area (Å²) in [7, 11) is 0. The van der Waals surface area contributed by atoms with Gasteiger partial charge in [-0.3, -0.25) is 4.79 Å². The molecule has 3 heteroatoms. The molecule has 3 nitrogen and oxygen atoms in total. The number of carbonyl (C=O) groups is 1. The van der Waals surface area contributed by atoms with Gasteiger partial charge in [0.05, 0.1) is 5.41 Å². The lowest BCUT2D eigenvalue weighted by Crippen LogP contribution is -2.47. The highest BCUT2D eigenvalue weighted by molar-refractivity contribution is 5.74. The Hall–Kier alpha value is -0.570. The van der Waals surface area contributed by atoms with Crippen LogP contribution >= 0.6 is 0 Å². The fourth-order valence-corrected chi connectivity index (χ4v) is 3.20. The number of aliphatic carboxylic acids is 1. The van der Waals surface area contributed by atoms with Gasteiger partial charge in [0, 0.05) is 6.04 Å². The average molecular weight is 269 g/mol. The third-order valence-electron chi connectivity index (χ3n) is 4.72. The number of rotatable bonds is 7. The van der Waals surface area contributed by atoms with Crippen molar-refractivity contribution in [1.82, 2.24) is 4.90 Å². The van der Waals surface area contributed by atoms with Gasteiger partial charge in [0.2, 0.25) is 0 Å². The maximum Gasteiger partial charge on any atom is 0.309 e. The van der Waals surface area contributed by atoms with Gasteiger partial charge in [0.15, 0.2) is 0 Å². The second kappa shape index (κ2) is 7.28. The normalized spacial score (nSPS) is 21.5. The number of piperidine rings is 1. The van der Waals surface area contributed by atoms with Crippen LogP contribution in [0.25, 0.3) is 0 Å². The molecule has 0 amide bonds. The Morgan fingerprint density at radius 2 is 1.79 bits per heavy atom. The summed E-state index contributed by atoms with van der Waals surface area (Å²) < 4.78 is 0. The molecule has 112 valence electrons. The highest BCUT2D eigenvalue weighted by Crippen LogP contribution is 2.37. The Balaban J connectivity index is 2.48. The Bertz CT molecular complexity index is 280. The zero-order valence-corrected chi connectivity index (χ0v) is 13.1. The first-order valence-corrected chi connectivity index (χ1v) is 7.88. The Morgan fingerprint density at radius 3 is 2.21 bits per heavy atom. The van der Waals surface area contributed by atoms with Gasteiger partial charge in [-0.2, -0.15) is 0 Å². The van der Waals surface area contributed by atoms with E-state index in [2.05, 4.69) is 32.6 Å². The zero-order chi connectivity index (χ0) is 14.5. The van der Waals surface area contributed by atoms with Crippen molar-refractivity contribution in [2.75, 3.05) is 13.1 Å². The van der Waals surface area contributed by atoms with E-state index in [0.29, 0.717) is 6.04 Å². The van der Waals surface area contributed by atoms with E-state index in [9.17, 15) is 9.90 Å². The SMILES string of the molecule is CCCC1(C(=O)O)CCN(C(C)CCC(C)C)CC1. The van der Waals surface area contributed by atoms with Crippen LogP contribution in [-0.2, 0) is 4.79 Å². The number of hydrogen-bond acceptors (Lipinski definition) is 2. The molecule has 1 heterocycles. The summed E-state index contributed by atoms with van der Waals surface area (Å²) >= 11 is 0. The number of carboxylic acids is 1. The zero-order valence-electron chi connectivity index (χ0n) is 13.1. The molecule has 1 atom stereocenters. The summed E-state index contributed by atoms with van der Waals surface area (Å²) in [6.07, 6.45) is 5.93. The molecule has 0 saturated carbocycles. The molecule has 0 aromatic carbocycles. The summed E-state index contributed by atoms with van der Waals surface area (Å²) in [5.41, 5.74) is -0.441. The van der Waals surface area contributed by atoms with Crippen molar-refractivity contribution in [3.05, 3.63) is 0 Å². The van der Waals surface area contributed by atoms with Crippen LogP contribution in [0.2, 0.25) is 0 Å². The summed E-state index contributed by atoms with van der Waals surface area (Å²) in [5, 5.41) is 9.50. The first-order valence-electron chi connectivity index (χ1n) is 7.88. The van der Waals surface area contributed by atoms with Gasteiger partial charge in [-0.05, 0) is 58.0 Å². The number of hydrogen-bond donors (Lipinski definition) is 1. The maximum atomic E-state index is 11.5. The largest absolute Gasteiger partial charge is 0.481 e. The second-order valence-corrected chi connectivity index (χ2v) is 6.69. The van der Waals surface area contributed by atoms with Gasteiger partial charge >= 0.3 is 5.97 Å². The lowest BCUT2D eigenvalue weighted by atomic mass is 9.74. The number of carboxylic acid groups (broad SMARTS) is 1. The monoisotopic (exact) mass is 269 g/mol. The quantitative estimate of drug-likeness (QED) is 0.764. The first kappa shape index (κ1) is 16.5. The summed E-state index contributed by atoms with van der Waals surface area (Å²) in [6, 6.07) is 0.593. The van der Waals surface area contributed by atoms with Crippen LogP contribution in [0.3, 0.4) is 0 Å². The molecule has 1 aliphatic heterocycles. The molecular weight excluding hydrogens is 238 g/mol. The minimum atomic E-state index is -0.580. The molecule has 19 heavy (non-hydrogen) atoms. The summed E-state index contributed by atoms with van der Waals surface area (Å²) in [6.45, 7) is 10.8. The molecule has 0 aromatic rings. The van der Waals surface area contributed by atoms with Crippen LogP contribution in [0.15, 0.2) is 0 Å². The molecule has 1 aliphatic rings. The molecule has 0 aliphatic carbocycles. The average Bonchev–Trinajstić information content (AvgIpc) is 2.37. The minimum Gasteiger partial charge on any atom is -0.481 e.